The van der Waals surface area contributed by atoms with Crippen LogP contribution >= 0.6 is 0 Å². The molecule has 1 aliphatic rings. The molecule has 1 aromatic heterocycles. The standard InChI is InChI=1S/C17H23N5O2/c1-13(15-5-3-4-6-16(15)24-2)20-17(23)21-9-7-14(8-10-21)22-12-18-11-19-22/h3-6,11-14H,7-10H2,1-2H3,(H,20,23)/t13-/m0/s1. The number of hydrogen-bond acceptors (Lipinski definition) is 4. The molecule has 0 radical (unpaired) electrons. The number of urea groups is 1. The Bertz CT molecular complexity index is 665. The second kappa shape index (κ2) is 7.33. The van der Waals surface area contributed by atoms with E-state index in [-0.39, 0.29) is 12.1 Å². The number of aromatic nitrogens is 3. The molecule has 3 rings (SSSR count). The van der Waals surface area contributed by atoms with Crippen LogP contribution < -0.4 is 10.1 Å². The molecular weight excluding hydrogens is 306 g/mol. The smallest absolute Gasteiger partial charge is 0.317 e. The van der Waals surface area contributed by atoms with Gasteiger partial charge in [0.25, 0.3) is 0 Å². The lowest BCUT2D eigenvalue weighted by molar-refractivity contribution is 0.166. The maximum Gasteiger partial charge on any atom is 0.317 e. The van der Waals surface area contributed by atoms with Crippen LogP contribution in [0.5, 0.6) is 5.75 Å². The molecular formula is C17H23N5O2. The third-order valence-electron chi connectivity index (χ3n) is 4.51. The van der Waals surface area contributed by atoms with E-state index in [1.54, 1.807) is 19.8 Å². The highest BCUT2D eigenvalue weighted by Crippen LogP contribution is 2.25. The van der Waals surface area contributed by atoms with Gasteiger partial charge in [0.15, 0.2) is 0 Å². The highest BCUT2D eigenvalue weighted by atomic mass is 16.5. The monoisotopic (exact) mass is 329 g/mol. The van der Waals surface area contributed by atoms with Gasteiger partial charge in [-0.25, -0.2) is 14.5 Å². The topological polar surface area (TPSA) is 72.3 Å². The largest absolute Gasteiger partial charge is 0.496 e. The number of hydrogen-bond donors (Lipinski definition) is 1. The van der Waals surface area contributed by atoms with Crippen LogP contribution in [-0.4, -0.2) is 45.9 Å². The van der Waals surface area contributed by atoms with Crippen LogP contribution in [0.15, 0.2) is 36.9 Å². The van der Waals surface area contributed by atoms with E-state index < -0.39 is 0 Å². The van der Waals surface area contributed by atoms with Crippen molar-refractivity contribution in [3.8, 4) is 5.75 Å². The number of ether oxygens (including phenoxy) is 1. The number of carbonyl (C=O) groups is 1. The van der Waals surface area contributed by atoms with E-state index in [0.717, 1.165) is 37.2 Å². The van der Waals surface area contributed by atoms with Crippen LogP contribution in [0.3, 0.4) is 0 Å². The van der Waals surface area contributed by atoms with Crippen LogP contribution in [0, 0.1) is 0 Å². The number of piperidine rings is 1. The molecule has 128 valence electrons. The third-order valence-corrected chi connectivity index (χ3v) is 4.51. The van der Waals surface area contributed by atoms with Gasteiger partial charge in [0.1, 0.15) is 18.4 Å². The zero-order valence-corrected chi connectivity index (χ0v) is 14.1. The van der Waals surface area contributed by atoms with Gasteiger partial charge in [-0.05, 0) is 25.8 Å². The summed E-state index contributed by atoms with van der Waals surface area (Å²) >= 11 is 0. The second-order valence-electron chi connectivity index (χ2n) is 6.01. The Labute approximate surface area is 141 Å². The number of nitrogens with zero attached hydrogens (tertiary/aromatic N) is 4. The van der Waals surface area contributed by atoms with E-state index in [1.165, 1.54) is 0 Å². The molecule has 2 aromatic rings. The van der Waals surface area contributed by atoms with Crippen molar-refractivity contribution in [1.29, 1.82) is 0 Å². The highest BCUT2D eigenvalue weighted by molar-refractivity contribution is 5.75. The molecule has 1 atom stereocenters. The van der Waals surface area contributed by atoms with Crippen molar-refractivity contribution in [3.63, 3.8) is 0 Å². The first kappa shape index (κ1) is 16.3. The average Bonchev–Trinajstić information content (AvgIpc) is 3.16. The molecule has 0 spiro atoms. The minimum absolute atomic E-state index is 0.0366. The first-order valence-electron chi connectivity index (χ1n) is 8.21. The average molecular weight is 329 g/mol. The van der Waals surface area contributed by atoms with Crippen molar-refractivity contribution >= 4 is 6.03 Å². The Morgan fingerprint density at radius 3 is 2.75 bits per heavy atom. The quantitative estimate of drug-likeness (QED) is 0.935. The summed E-state index contributed by atoms with van der Waals surface area (Å²) in [6, 6.07) is 7.92. The fourth-order valence-electron chi connectivity index (χ4n) is 3.12. The number of likely N-dealkylation sites (tertiary alicyclic amines) is 1. The SMILES string of the molecule is COc1ccccc1[C@H](C)NC(=O)N1CCC(n2cncn2)CC1. The van der Waals surface area contributed by atoms with Crippen molar-refractivity contribution in [2.24, 2.45) is 0 Å². The van der Waals surface area contributed by atoms with Gasteiger partial charge in [-0.1, -0.05) is 18.2 Å². The highest BCUT2D eigenvalue weighted by Gasteiger charge is 2.25. The molecule has 2 heterocycles. The van der Waals surface area contributed by atoms with Gasteiger partial charge >= 0.3 is 6.03 Å². The van der Waals surface area contributed by atoms with Crippen molar-refractivity contribution in [2.45, 2.75) is 31.8 Å². The molecule has 0 saturated carbocycles. The van der Waals surface area contributed by atoms with Gasteiger partial charge in [0, 0.05) is 18.7 Å². The minimum Gasteiger partial charge on any atom is -0.496 e. The molecule has 0 bridgehead atoms. The van der Waals surface area contributed by atoms with Crippen LogP contribution in [0.1, 0.15) is 37.4 Å². The molecule has 0 aliphatic carbocycles. The molecule has 1 fully saturated rings. The summed E-state index contributed by atoms with van der Waals surface area (Å²) < 4.78 is 7.25. The molecule has 2 amide bonds. The predicted octanol–water partition coefficient (Wildman–Crippen LogP) is 2.39. The van der Waals surface area contributed by atoms with E-state index in [4.69, 9.17) is 4.74 Å². The number of amides is 2. The number of para-hydroxylation sites is 1. The van der Waals surface area contributed by atoms with Crippen LogP contribution in [0.4, 0.5) is 4.79 Å². The Hall–Kier alpha value is -2.57. The molecule has 1 saturated heterocycles. The van der Waals surface area contributed by atoms with Crippen molar-refractivity contribution < 1.29 is 9.53 Å². The Balaban J connectivity index is 1.56. The third kappa shape index (κ3) is 3.50. The molecule has 7 nitrogen and oxygen atoms in total. The van der Waals surface area contributed by atoms with E-state index in [1.807, 2.05) is 40.8 Å². The van der Waals surface area contributed by atoms with Crippen molar-refractivity contribution in [3.05, 3.63) is 42.5 Å². The molecule has 1 aromatic carbocycles. The summed E-state index contributed by atoms with van der Waals surface area (Å²) in [5.41, 5.74) is 0.978. The lowest BCUT2D eigenvalue weighted by Gasteiger charge is -2.32. The van der Waals surface area contributed by atoms with E-state index in [0.29, 0.717) is 6.04 Å². The van der Waals surface area contributed by atoms with Crippen LogP contribution in [0.25, 0.3) is 0 Å². The fourth-order valence-corrected chi connectivity index (χ4v) is 3.12. The van der Waals surface area contributed by atoms with Crippen LogP contribution in [-0.2, 0) is 0 Å². The Morgan fingerprint density at radius 2 is 2.08 bits per heavy atom. The molecule has 7 heteroatoms. The van der Waals surface area contributed by atoms with Gasteiger partial charge in [-0.3, -0.25) is 0 Å². The van der Waals surface area contributed by atoms with Gasteiger partial charge in [-0.15, -0.1) is 0 Å². The summed E-state index contributed by atoms with van der Waals surface area (Å²) in [5, 5.41) is 7.25. The van der Waals surface area contributed by atoms with Gasteiger partial charge in [-0.2, -0.15) is 5.10 Å². The number of carbonyl (C=O) groups excluding carboxylic acids is 1. The number of benzene rings is 1. The lowest BCUT2D eigenvalue weighted by Crippen LogP contribution is -2.45. The molecule has 1 aliphatic heterocycles. The normalized spacial score (nSPS) is 16.7. The maximum absolute atomic E-state index is 12.5. The summed E-state index contributed by atoms with van der Waals surface area (Å²) in [6.45, 7) is 3.40. The maximum atomic E-state index is 12.5. The first-order chi connectivity index (χ1) is 11.7. The summed E-state index contributed by atoms with van der Waals surface area (Å²) in [5.74, 6) is 0.787. The van der Waals surface area contributed by atoms with Gasteiger partial charge < -0.3 is 15.0 Å². The van der Waals surface area contributed by atoms with Crippen molar-refractivity contribution in [2.75, 3.05) is 20.2 Å². The zero-order chi connectivity index (χ0) is 16.9. The van der Waals surface area contributed by atoms with Crippen molar-refractivity contribution in [1.82, 2.24) is 25.0 Å². The van der Waals surface area contributed by atoms with E-state index in [2.05, 4.69) is 15.4 Å². The van der Waals surface area contributed by atoms with E-state index in [9.17, 15) is 4.79 Å². The molecule has 1 N–H and O–H groups in total. The predicted molar refractivity (Wildman–Crippen MR) is 89.8 cm³/mol. The minimum atomic E-state index is -0.110. The summed E-state index contributed by atoms with van der Waals surface area (Å²) in [7, 11) is 1.64. The van der Waals surface area contributed by atoms with Gasteiger partial charge in [0.2, 0.25) is 0 Å². The summed E-state index contributed by atoms with van der Waals surface area (Å²) in [4.78, 5) is 18.4. The van der Waals surface area contributed by atoms with Crippen LogP contribution in [0.2, 0.25) is 0 Å². The summed E-state index contributed by atoms with van der Waals surface area (Å²) in [6.07, 6.45) is 5.07. The molecule has 24 heavy (non-hydrogen) atoms. The number of rotatable bonds is 4. The van der Waals surface area contributed by atoms with Gasteiger partial charge in [0.05, 0.1) is 19.2 Å². The molecule has 0 unspecified atom stereocenters. The lowest BCUT2D eigenvalue weighted by atomic mass is 10.1. The fraction of sp³-hybridized carbons (Fsp3) is 0.471. The second-order valence-corrected chi connectivity index (χ2v) is 6.01. The number of nitrogens with one attached hydrogen (secondary N) is 1. The van der Waals surface area contributed by atoms with E-state index >= 15 is 0 Å². The zero-order valence-electron chi connectivity index (χ0n) is 14.1. The first-order valence-corrected chi connectivity index (χ1v) is 8.21. The Kier molecular flexibility index (Phi) is 4.98. The number of methoxy groups -OCH3 is 1. The Morgan fingerprint density at radius 1 is 1.33 bits per heavy atom.